The van der Waals surface area contributed by atoms with Crippen molar-refractivity contribution in [2.75, 3.05) is 30.8 Å². The second kappa shape index (κ2) is 12.2. The van der Waals surface area contributed by atoms with E-state index in [4.69, 9.17) is 4.74 Å². The summed E-state index contributed by atoms with van der Waals surface area (Å²) in [5.41, 5.74) is 1.14. The van der Waals surface area contributed by atoms with Crippen LogP contribution in [0.25, 0.3) is 0 Å². The van der Waals surface area contributed by atoms with Crippen LogP contribution in [-0.4, -0.2) is 57.6 Å². The molecular formula is C24H32BrN3O5S. The zero-order valence-corrected chi connectivity index (χ0v) is 22.5. The lowest BCUT2D eigenvalue weighted by atomic mass is 10.1. The molecule has 2 aromatic rings. The largest absolute Gasteiger partial charge is 0.497 e. The summed E-state index contributed by atoms with van der Waals surface area (Å²) < 4.78 is 32.1. The molecule has 0 saturated carbocycles. The zero-order chi connectivity index (χ0) is 25.5. The van der Waals surface area contributed by atoms with Crippen LogP contribution in [0.4, 0.5) is 5.69 Å². The van der Waals surface area contributed by atoms with E-state index in [1.165, 1.54) is 12.0 Å². The van der Waals surface area contributed by atoms with E-state index in [1.54, 1.807) is 31.2 Å². The molecule has 0 heterocycles. The van der Waals surface area contributed by atoms with E-state index in [1.807, 2.05) is 38.1 Å². The fraction of sp³-hybridized carbons (Fsp3) is 0.417. The lowest BCUT2D eigenvalue weighted by Gasteiger charge is -2.31. The Hall–Kier alpha value is -2.59. The minimum absolute atomic E-state index is 0.148. The van der Waals surface area contributed by atoms with Gasteiger partial charge in [-0.05, 0) is 54.8 Å². The molecule has 0 radical (unpaired) electrons. The standard InChI is InChI=1S/C24H32BrN3O5S/c1-17(2)14-26-24(30)18(3)27(15-19-7-6-8-20(25)13-19)23(29)16-28(34(5,31)32)21-9-11-22(33-4)12-10-21/h6-13,17-18H,14-16H2,1-5H3,(H,26,30)/t18-/m0/s1. The van der Waals surface area contributed by atoms with Crippen molar-refractivity contribution in [1.29, 1.82) is 0 Å². The van der Waals surface area contributed by atoms with Gasteiger partial charge in [0.2, 0.25) is 21.8 Å². The Morgan fingerprint density at radius 3 is 2.26 bits per heavy atom. The van der Waals surface area contributed by atoms with Gasteiger partial charge in [0.05, 0.1) is 19.1 Å². The number of rotatable bonds is 11. The van der Waals surface area contributed by atoms with Crippen LogP contribution in [0, 0.1) is 5.92 Å². The first kappa shape index (κ1) is 27.7. The number of carbonyl (C=O) groups excluding carboxylic acids is 2. The van der Waals surface area contributed by atoms with Gasteiger partial charge in [0, 0.05) is 17.6 Å². The molecule has 0 saturated heterocycles. The maximum atomic E-state index is 13.5. The first-order chi connectivity index (χ1) is 15.9. The van der Waals surface area contributed by atoms with E-state index in [-0.39, 0.29) is 18.4 Å². The predicted octanol–water partition coefficient (Wildman–Crippen LogP) is 3.41. The van der Waals surface area contributed by atoms with Crippen molar-refractivity contribution in [3.63, 3.8) is 0 Å². The zero-order valence-electron chi connectivity index (χ0n) is 20.1. The van der Waals surface area contributed by atoms with Gasteiger partial charge in [0.1, 0.15) is 18.3 Å². The fourth-order valence-corrected chi connectivity index (χ4v) is 4.53. The Kier molecular flexibility index (Phi) is 9.93. The Morgan fingerprint density at radius 1 is 1.09 bits per heavy atom. The van der Waals surface area contributed by atoms with Crippen LogP contribution in [-0.2, 0) is 26.2 Å². The van der Waals surface area contributed by atoms with Crippen molar-refractivity contribution >= 4 is 43.5 Å². The van der Waals surface area contributed by atoms with Gasteiger partial charge in [0.15, 0.2) is 0 Å². The summed E-state index contributed by atoms with van der Waals surface area (Å²) in [5, 5.41) is 2.85. The van der Waals surface area contributed by atoms with Gasteiger partial charge in [-0.2, -0.15) is 0 Å². The van der Waals surface area contributed by atoms with Gasteiger partial charge < -0.3 is 15.0 Å². The Bertz CT molecular complexity index is 1090. The molecule has 0 aliphatic carbocycles. The third kappa shape index (κ3) is 8.02. The predicted molar refractivity (Wildman–Crippen MR) is 137 cm³/mol. The van der Waals surface area contributed by atoms with Crippen LogP contribution < -0.4 is 14.4 Å². The van der Waals surface area contributed by atoms with Crippen molar-refractivity contribution in [3.05, 3.63) is 58.6 Å². The second-order valence-electron chi connectivity index (χ2n) is 8.43. The highest BCUT2D eigenvalue weighted by Gasteiger charge is 2.30. The molecule has 0 fully saturated rings. The summed E-state index contributed by atoms with van der Waals surface area (Å²) in [6.07, 6.45) is 1.04. The van der Waals surface area contributed by atoms with E-state index < -0.39 is 28.5 Å². The van der Waals surface area contributed by atoms with Crippen LogP contribution in [0.15, 0.2) is 53.0 Å². The number of nitrogens with one attached hydrogen (secondary N) is 1. The summed E-state index contributed by atoms with van der Waals surface area (Å²) in [6, 6.07) is 13.0. The molecule has 0 aliphatic rings. The minimum atomic E-state index is -3.78. The summed E-state index contributed by atoms with van der Waals surface area (Å²) in [5.74, 6) is 0.0252. The fourth-order valence-electron chi connectivity index (χ4n) is 3.23. The number of benzene rings is 2. The highest BCUT2D eigenvalue weighted by atomic mass is 79.9. The molecule has 0 aliphatic heterocycles. The molecule has 2 amide bonds. The van der Waals surface area contributed by atoms with Crippen molar-refractivity contribution in [1.82, 2.24) is 10.2 Å². The number of halogens is 1. The van der Waals surface area contributed by atoms with E-state index in [0.29, 0.717) is 18.0 Å². The Morgan fingerprint density at radius 2 is 1.74 bits per heavy atom. The highest BCUT2D eigenvalue weighted by molar-refractivity contribution is 9.10. The quantitative estimate of drug-likeness (QED) is 0.460. The number of carbonyl (C=O) groups is 2. The summed E-state index contributed by atoms with van der Waals surface area (Å²) in [6.45, 7) is 5.78. The number of ether oxygens (including phenoxy) is 1. The third-order valence-corrected chi connectivity index (χ3v) is 6.77. The molecule has 1 N–H and O–H groups in total. The molecule has 0 spiro atoms. The number of hydrogen-bond donors (Lipinski definition) is 1. The molecule has 2 rings (SSSR count). The number of sulfonamides is 1. The lowest BCUT2D eigenvalue weighted by molar-refractivity contribution is -0.139. The lowest BCUT2D eigenvalue weighted by Crippen LogP contribution is -2.51. The van der Waals surface area contributed by atoms with E-state index in [2.05, 4.69) is 21.2 Å². The monoisotopic (exact) mass is 553 g/mol. The van der Waals surface area contributed by atoms with Crippen LogP contribution in [0.5, 0.6) is 5.75 Å². The SMILES string of the molecule is COc1ccc(N(CC(=O)N(Cc2cccc(Br)c2)[C@@H](C)C(=O)NCC(C)C)S(C)(=O)=O)cc1. The van der Waals surface area contributed by atoms with Gasteiger partial charge in [-0.3, -0.25) is 13.9 Å². The summed E-state index contributed by atoms with van der Waals surface area (Å²) in [4.78, 5) is 27.7. The van der Waals surface area contributed by atoms with Gasteiger partial charge in [0.25, 0.3) is 0 Å². The summed E-state index contributed by atoms with van der Waals surface area (Å²) >= 11 is 3.42. The topological polar surface area (TPSA) is 96.0 Å². The minimum Gasteiger partial charge on any atom is -0.497 e. The van der Waals surface area contributed by atoms with Crippen LogP contribution in [0.3, 0.4) is 0 Å². The normalized spacial score (nSPS) is 12.2. The van der Waals surface area contributed by atoms with Gasteiger partial charge >= 0.3 is 0 Å². The molecule has 186 valence electrons. The van der Waals surface area contributed by atoms with Crippen molar-refractivity contribution in [3.8, 4) is 5.75 Å². The number of anilines is 1. The maximum absolute atomic E-state index is 13.5. The van der Waals surface area contributed by atoms with Crippen molar-refractivity contribution < 1.29 is 22.7 Å². The molecule has 0 unspecified atom stereocenters. The molecule has 10 heteroatoms. The van der Waals surface area contributed by atoms with Gasteiger partial charge in [-0.15, -0.1) is 0 Å². The van der Waals surface area contributed by atoms with Crippen LogP contribution in [0.2, 0.25) is 0 Å². The number of methoxy groups -OCH3 is 1. The van der Waals surface area contributed by atoms with Crippen molar-refractivity contribution in [2.24, 2.45) is 5.92 Å². The Balaban J connectivity index is 2.35. The number of nitrogens with zero attached hydrogens (tertiary/aromatic N) is 2. The third-order valence-electron chi connectivity index (χ3n) is 5.13. The van der Waals surface area contributed by atoms with Gasteiger partial charge in [-0.1, -0.05) is 41.9 Å². The average molecular weight is 555 g/mol. The first-order valence-corrected chi connectivity index (χ1v) is 13.5. The number of amides is 2. The molecule has 1 atom stereocenters. The second-order valence-corrected chi connectivity index (χ2v) is 11.3. The molecular weight excluding hydrogens is 522 g/mol. The molecule has 0 aromatic heterocycles. The Labute approximate surface area is 210 Å². The van der Waals surface area contributed by atoms with Crippen LogP contribution >= 0.6 is 15.9 Å². The molecule has 2 aromatic carbocycles. The van der Waals surface area contributed by atoms with E-state index in [9.17, 15) is 18.0 Å². The molecule has 8 nitrogen and oxygen atoms in total. The number of hydrogen-bond acceptors (Lipinski definition) is 5. The van der Waals surface area contributed by atoms with E-state index >= 15 is 0 Å². The molecule has 34 heavy (non-hydrogen) atoms. The van der Waals surface area contributed by atoms with Crippen LogP contribution in [0.1, 0.15) is 26.3 Å². The van der Waals surface area contributed by atoms with Gasteiger partial charge in [-0.25, -0.2) is 8.42 Å². The summed E-state index contributed by atoms with van der Waals surface area (Å²) in [7, 11) is -2.26. The smallest absolute Gasteiger partial charge is 0.244 e. The molecule has 0 bridgehead atoms. The average Bonchev–Trinajstić information content (AvgIpc) is 2.78. The van der Waals surface area contributed by atoms with E-state index in [0.717, 1.165) is 20.6 Å². The highest BCUT2D eigenvalue weighted by Crippen LogP contribution is 2.22. The first-order valence-electron chi connectivity index (χ1n) is 10.9. The van der Waals surface area contributed by atoms with Crippen molar-refractivity contribution in [2.45, 2.75) is 33.4 Å². The maximum Gasteiger partial charge on any atom is 0.244 e.